The first-order chi connectivity index (χ1) is 23.6. The number of ether oxygens (including phenoxy) is 2. The van der Waals surface area contributed by atoms with E-state index in [0.717, 1.165) is 35.6 Å². The number of cyclic esters (lactones) is 1. The van der Waals surface area contributed by atoms with Gasteiger partial charge in [-0.1, -0.05) is 36.8 Å². The summed E-state index contributed by atoms with van der Waals surface area (Å²) in [5.41, 5.74) is -0.296. The molecule has 12 heteroatoms. The molecule has 5 atom stereocenters. The summed E-state index contributed by atoms with van der Waals surface area (Å²) in [5.74, 6) is -2.39. The summed E-state index contributed by atoms with van der Waals surface area (Å²) >= 11 is 0. The summed E-state index contributed by atoms with van der Waals surface area (Å²) in [6.45, 7) is 4.16. The van der Waals surface area contributed by atoms with Crippen LogP contribution in [0.25, 0.3) is 16.8 Å². The van der Waals surface area contributed by atoms with Gasteiger partial charge in [-0.25, -0.2) is 13.4 Å². The third kappa shape index (κ3) is 6.89. The molecule has 7 rings (SSSR count). The van der Waals surface area contributed by atoms with Crippen LogP contribution < -0.4 is 9.46 Å². The molecule has 1 saturated heterocycles. The lowest BCUT2D eigenvalue weighted by Crippen LogP contribution is -2.48. The lowest BCUT2D eigenvalue weighted by Gasteiger charge is -2.36. The zero-order valence-electron chi connectivity index (χ0n) is 27.6. The second-order valence-corrected chi connectivity index (χ2v) is 16.3. The Bertz CT molecular complexity index is 1820. The number of hydrogen-bond acceptors (Lipinski definition) is 9. The zero-order valence-corrected chi connectivity index (χ0v) is 28.4. The van der Waals surface area contributed by atoms with Crippen molar-refractivity contribution in [2.24, 2.45) is 23.2 Å². The van der Waals surface area contributed by atoms with E-state index >= 15 is 0 Å². The highest BCUT2D eigenvalue weighted by Gasteiger charge is 2.61. The lowest BCUT2D eigenvalue weighted by atomic mass is 9.73. The highest BCUT2D eigenvalue weighted by molar-refractivity contribution is 7.90. The van der Waals surface area contributed by atoms with Crippen molar-refractivity contribution in [1.29, 1.82) is 0 Å². The van der Waals surface area contributed by atoms with Crippen LogP contribution in [0.4, 0.5) is 0 Å². The number of Topliss-reactive ketones (excluding diaryl/α,β-unsaturated/α-hetero) is 1. The van der Waals surface area contributed by atoms with Crippen molar-refractivity contribution in [2.45, 2.75) is 88.0 Å². The van der Waals surface area contributed by atoms with Crippen molar-refractivity contribution in [3.8, 4) is 5.88 Å². The van der Waals surface area contributed by atoms with Crippen LogP contribution in [0, 0.1) is 23.2 Å². The Morgan fingerprint density at radius 2 is 1.94 bits per heavy atom. The number of pyridine rings is 1. The second kappa shape index (κ2) is 13.3. The van der Waals surface area contributed by atoms with Gasteiger partial charge in [0.1, 0.15) is 6.10 Å². The Morgan fingerprint density at radius 1 is 1.12 bits per heavy atom. The lowest BCUT2D eigenvalue weighted by molar-refractivity contribution is -0.152. The summed E-state index contributed by atoms with van der Waals surface area (Å²) in [7, 11) is -3.82. The fourth-order valence-corrected chi connectivity index (χ4v) is 9.00. The van der Waals surface area contributed by atoms with Gasteiger partial charge < -0.3 is 14.4 Å². The highest BCUT2D eigenvalue weighted by atomic mass is 32.2. The number of aromatic nitrogens is 1. The van der Waals surface area contributed by atoms with E-state index in [1.54, 1.807) is 12.3 Å². The molecule has 0 spiro atoms. The number of carbonyl (C=O) groups excluding carboxylic acids is 4. The number of carbonyl (C=O) groups is 4. The topological polar surface area (TPSA) is 149 Å². The molecule has 2 amide bonds. The number of ketones is 1. The number of hydrogen-bond donors (Lipinski definition) is 1. The number of benzene rings is 1. The number of fused-ring (bicyclic) bond motifs is 3. The largest absolute Gasteiger partial charge is 0.472 e. The van der Waals surface area contributed by atoms with Crippen molar-refractivity contribution < 1.29 is 37.1 Å². The van der Waals surface area contributed by atoms with Gasteiger partial charge in [0, 0.05) is 24.4 Å². The molecule has 3 saturated carbocycles. The number of rotatable bonds is 8. The molecule has 0 unspecified atom stereocenters. The Morgan fingerprint density at radius 3 is 2.65 bits per heavy atom. The first-order valence-corrected chi connectivity index (χ1v) is 19.0. The average molecular weight is 690 g/mol. The average Bonchev–Trinajstić information content (AvgIpc) is 3.98. The first kappa shape index (κ1) is 33.4. The number of esters is 1. The molecule has 2 aliphatic heterocycles. The Balaban J connectivity index is 1.20. The number of nitrogens with zero attached hydrogens (tertiary/aromatic N) is 2. The van der Waals surface area contributed by atoms with Gasteiger partial charge in [-0.3, -0.25) is 23.9 Å². The molecule has 5 aliphatic rings. The molecule has 2 aromatic rings. The molecule has 11 nitrogen and oxygen atoms in total. The number of amides is 2. The smallest absolute Gasteiger partial charge is 0.306 e. The van der Waals surface area contributed by atoms with Crippen LogP contribution in [-0.4, -0.2) is 72.4 Å². The van der Waals surface area contributed by atoms with Crippen LogP contribution in [0.3, 0.4) is 0 Å². The van der Waals surface area contributed by atoms with Gasteiger partial charge in [0.2, 0.25) is 27.7 Å². The minimum absolute atomic E-state index is 0.000725. The number of allylic oxidation sites excluding steroid dienone is 2. The third-order valence-corrected chi connectivity index (χ3v) is 12.8. The number of nitrogens with one attached hydrogen (secondary N) is 1. The molecule has 1 aromatic heterocycles. The van der Waals surface area contributed by atoms with Crippen LogP contribution >= 0.6 is 0 Å². The van der Waals surface area contributed by atoms with Crippen molar-refractivity contribution in [2.75, 3.05) is 13.2 Å². The maximum Gasteiger partial charge on any atom is 0.306 e. The molecule has 4 fully saturated rings. The fourth-order valence-electron chi connectivity index (χ4n) is 7.61. The SMILES string of the molecule is C=C[C@H]1C[C@]1(CC(=O)[C@@H]1C[C@@H]2CN1C(=O)[C@H](C1CCC1)CC(=O)OCCC/C=C/c1ccc3ccnc(c3c1)O2)C(=O)NS(=O)(=O)C1CC1. The monoisotopic (exact) mass is 689 g/mol. The normalized spacial score (nSPS) is 30.0. The minimum Gasteiger partial charge on any atom is -0.472 e. The van der Waals surface area contributed by atoms with E-state index in [4.69, 9.17) is 9.47 Å². The molecule has 260 valence electrons. The molecular formula is C37H43N3O8S. The number of sulfonamides is 1. The Labute approximate surface area is 286 Å². The third-order valence-electron chi connectivity index (χ3n) is 11.0. The van der Waals surface area contributed by atoms with Crippen LogP contribution in [0.1, 0.15) is 76.2 Å². The van der Waals surface area contributed by atoms with Crippen LogP contribution in [-0.2, 0) is 33.9 Å². The highest BCUT2D eigenvalue weighted by Crippen LogP contribution is 2.57. The Kier molecular flexibility index (Phi) is 9.10. The van der Waals surface area contributed by atoms with E-state index in [1.165, 1.54) is 4.90 Å². The van der Waals surface area contributed by atoms with E-state index in [0.29, 0.717) is 38.0 Å². The molecule has 1 aromatic carbocycles. The van der Waals surface area contributed by atoms with Crippen molar-refractivity contribution >= 4 is 50.4 Å². The molecule has 4 bridgehead atoms. The van der Waals surface area contributed by atoms with Crippen LogP contribution in [0.15, 0.2) is 49.2 Å². The van der Waals surface area contributed by atoms with E-state index in [2.05, 4.69) is 16.3 Å². The van der Waals surface area contributed by atoms with Gasteiger partial charge in [0.25, 0.3) is 0 Å². The molecule has 3 heterocycles. The maximum atomic E-state index is 14.4. The van der Waals surface area contributed by atoms with E-state index < -0.39 is 50.6 Å². The van der Waals surface area contributed by atoms with Gasteiger partial charge in [-0.2, -0.15) is 0 Å². The van der Waals surface area contributed by atoms with E-state index in [9.17, 15) is 27.6 Å². The molecule has 49 heavy (non-hydrogen) atoms. The van der Waals surface area contributed by atoms with Crippen molar-refractivity contribution in [1.82, 2.24) is 14.6 Å². The Hall–Kier alpha value is -4.06. The minimum atomic E-state index is -3.82. The first-order valence-electron chi connectivity index (χ1n) is 17.5. The quantitative estimate of drug-likeness (QED) is 0.312. The van der Waals surface area contributed by atoms with Gasteiger partial charge >= 0.3 is 5.97 Å². The molecule has 3 aliphatic carbocycles. The van der Waals surface area contributed by atoms with Gasteiger partial charge in [-0.15, -0.1) is 6.58 Å². The zero-order chi connectivity index (χ0) is 34.3. The van der Waals surface area contributed by atoms with Crippen molar-refractivity contribution in [3.63, 3.8) is 0 Å². The summed E-state index contributed by atoms with van der Waals surface area (Å²) < 4.78 is 39.6. The fraction of sp³-hybridized carbons (Fsp3) is 0.541. The van der Waals surface area contributed by atoms with E-state index in [1.807, 2.05) is 36.4 Å². The van der Waals surface area contributed by atoms with Crippen LogP contribution in [0.2, 0.25) is 0 Å². The van der Waals surface area contributed by atoms with Gasteiger partial charge in [0.05, 0.1) is 42.2 Å². The van der Waals surface area contributed by atoms with Crippen molar-refractivity contribution in [3.05, 3.63) is 54.8 Å². The summed E-state index contributed by atoms with van der Waals surface area (Å²) in [6, 6.07) is 6.95. The van der Waals surface area contributed by atoms with Gasteiger partial charge in [0.15, 0.2) is 5.78 Å². The van der Waals surface area contributed by atoms with Gasteiger partial charge in [-0.05, 0) is 79.9 Å². The standard InChI is InChI=1S/C37H43N3O8S/c1-2-26-20-37(26,36(44)39-49(45,46)28-12-13-28)21-32(41)31-18-27-22-40(31)35(43)30(24-8-6-9-24)19-33(42)47-16-5-3-4-7-23-10-11-25-14-15-38-34(48-27)29(25)17-23/h2,4,7,10-11,14-15,17,24,26-28,30-31H,1,3,5-6,8-9,12-13,16,18-22H2,(H,39,44)/b7-4+/t26-,27+,30-,31-,37+/m0/s1. The van der Waals surface area contributed by atoms with Crippen LogP contribution in [0.5, 0.6) is 5.88 Å². The summed E-state index contributed by atoms with van der Waals surface area (Å²) in [5, 5.41) is 1.15. The molecule has 1 N–H and O–H groups in total. The van der Waals surface area contributed by atoms with E-state index in [-0.39, 0.29) is 55.9 Å². The molecular weight excluding hydrogens is 646 g/mol. The summed E-state index contributed by atoms with van der Waals surface area (Å²) in [6.07, 6.45) is 11.8. The second-order valence-electron chi connectivity index (χ2n) is 14.4. The predicted molar refractivity (Wildman–Crippen MR) is 181 cm³/mol. The predicted octanol–water partition coefficient (Wildman–Crippen LogP) is 4.50. The molecule has 0 radical (unpaired) electrons. The maximum absolute atomic E-state index is 14.4. The summed E-state index contributed by atoms with van der Waals surface area (Å²) in [4.78, 5) is 61.3.